The van der Waals surface area contributed by atoms with Crippen molar-refractivity contribution in [1.29, 1.82) is 0 Å². The van der Waals surface area contributed by atoms with Crippen LogP contribution in [-0.2, 0) is 11.2 Å². The van der Waals surface area contributed by atoms with Gasteiger partial charge in [0.25, 0.3) is 0 Å². The van der Waals surface area contributed by atoms with Crippen LogP contribution in [0.15, 0.2) is 18.2 Å². The van der Waals surface area contributed by atoms with Gasteiger partial charge >= 0.3 is 6.18 Å². The van der Waals surface area contributed by atoms with Crippen LogP contribution in [-0.4, -0.2) is 17.2 Å². The molecule has 1 heterocycles. The minimum absolute atomic E-state index is 0.105. The van der Waals surface area contributed by atoms with Gasteiger partial charge in [0, 0.05) is 12.1 Å². The molecule has 1 atom stereocenters. The van der Waals surface area contributed by atoms with Crippen molar-refractivity contribution in [2.45, 2.75) is 31.5 Å². The highest BCUT2D eigenvalue weighted by molar-refractivity contribution is 5.93. The van der Waals surface area contributed by atoms with Crippen molar-refractivity contribution in [3.8, 4) is 0 Å². The van der Waals surface area contributed by atoms with E-state index in [1.165, 1.54) is 18.2 Å². The van der Waals surface area contributed by atoms with Gasteiger partial charge in [-0.2, -0.15) is 13.2 Å². The summed E-state index contributed by atoms with van der Waals surface area (Å²) in [5.41, 5.74) is 1.59. The molecule has 2 rings (SSSR count). The highest BCUT2D eigenvalue weighted by atomic mass is 19.4. The SMILES string of the molecule is O=C1CCc2cc(C(O)CC(F)(F)F)ccc2N1. The molecular weight excluding hydrogens is 247 g/mol. The number of carbonyl (C=O) groups excluding carboxylic acids is 1. The van der Waals surface area contributed by atoms with Crippen LogP contribution in [0.3, 0.4) is 0 Å². The average molecular weight is 259 g/mol. The summed E-state index contributed by atoms with van der Waals surface area (Å²) in [6, 6.07) is 4.45. The van der Waals surface area contributed by atoms with Gasteiger partial charge in [0.15, 0.2) is 0 Å². The molecule has 0 bridgehead atoms. The molecule has 1 unspecified atom stereocenters. The molecule has 1 aliphatic rings. The van der Waals surface area contributed by atoms with Gasteiger partial charge in [0.2, 0.25) is 5.91 Å². The van der Waals surface area contributed by atoms with E-state index >= 15 is 0 Å². The molecule has 18 heavy (non-hydrogen) atoms. The van der Waals surface area contributed by atoms with E-state index in [0.29, 0.717) is 18.5 Å². The van der Waals surface area contributed by atoms with Gasteiger partial charge in [-0.15, -0.1) is 0 Å². The zero-order chi connectivity index (χ0) is 13.3. The summed E-state index contributed by atoms with van der Waals surface area (Å²) in [5.74, 6) is -0.105. The second kappa shape index (κ2) is 4.61. The summed E-state index contributed by atoms with van der Waals surface area (Å²) >= 11 is 0. The molecule has 0 saturated carbocycles. The van der Waals surface area contributed by atoms with Crippen molar-refractivity contribution in [1.82, 2.24) is 0 Å². The van der Waals surface area contributed by atoms with Crippen molar-refractivity contribution < 1.29 is 23.1 Å². The zero-order valence-corrected chi connectivity index (χ0v) is 9.42. The van der Waals surface area contributed by atoms with Gasteiger partial charge in [-0.05, 0) is 23.6 Å². The number of rotatable bonds is 2. The van der Waals surface area contributed by atoms with E-state index < -0.39 is 18.7 Å². The number of aryl methyl sites for hydroxylation is 1. The van der Waals surface area contributed by atoms with Gasteiger partial charge < -0.3 is 10.4 Å². The van der Waals surface area contributed by atoms with Crippen molar-refractivity contribution >= 4 is 11.6 Å². The number of aliphatic hydroxyl groups is 1. The zero-order valence-electron chi connectivity index (χ0n) is 9.42. The lowest BCUT2D eigenvalue weighted by atomic mass is 9.97. The summed E-state index contributed by atoms with van der Waals surface area (Å²) < 4.78 is 36.5. The number of hydrogen-bond donors (Lipinski definition) is 2. The molecule has 1 aliphatic heterocycles. The minimum atomic E-state index is -4.40. The third-order valence-corrected chi connectivity index (χ3v) is 2.83. The molecular formula is C12H12F3NO2. The van der Waals surface area contributed by atoms with E-state index in [9.17, 15) is 23.1 Å². The molecule has 0 spiro atoms. The van der Waals surface area contributed by atoms with E-state index in [1.807, 2.05) is 0 Å². The number of nitrogens with one attached hydrogen (secondary N) is 1. The Bertz CT molecular complexity index is 471. The molecule has 0 fully saturated rings. The van der Waals surface area contributed by atoms with Crippen LogP contribution in [0.1, 0.15) is 30.1 Å². The first-order chi connectivity index (χ1) is 8.35. The Balaban J connectivity index is 2.18. The Labute approximate surface area is 102 Å². The Morgan fingerprint density at radius 3 is 2.72 bits per heavy atom. The molecule has 6 heteroatoms. The van der Waals surface area contributed by atoms with Crippen LogP contribution in [0.2, 0.25) is 0 Å². The minimum Gasteiger partial charge on any atom is -0.388 e. The van der Waals surface area contributed by atoms with Crippen LogP contribution >= 0.6 is 0 Å². The first-order valence-electron chi connectivity index (χ1n) is 5.52. The predicted octanol–water partition coefficient (Wildman–Crippen LogP) is 2.56. The van der Waals surface area contributed by atoms with Crippen LogP contribution < -0.4 is 5.32 Å². The monoisotopic (exact) mass is 259 g/mol. The van der Waals surface area contributed by atoms with Crippen LogP contribution in [0.4, 0.5) is 18.9 Å². The maximum Gasteiger partial charge on any atom is 0.391 e. The van der Waals surface area contributed by atoms with Crippen molar-refractivity contribution in [2.75, 3.05) is 5.32 Å². The van der Waals surface area contributed by atoms with Gasteiger partial charge in [0.1, 0.15) is 0 Å². The van der Waals surface area contributed by atoms with Crippen LogP contribution in [0, 0.1) is 0 Å². The largest absolute Gasteiger partial charge is 0.391 e. The summed E-state index contributed by atoms with van der Waals surface area (Å²) in [5, 5.41) is 12.1. The van der Waals surface area contributed by atoms with Crippen LogP contribution in [0.25, 0.3) is 0 Å². The van der Waals surface area contributed by atoms with Gasteiger partial charge in [-0.3, -0.25) is 4.79 Å². The third kappa shape index (κ3) is 3.01. The first kappa shape index (κ1) is 12.9. The summed E-state index contributed by atoms with van der Waals surface area (Å²) in [6.07, 6.45) is -6.44. The lowest BCUT2D eigenvalue weighted by Gasteiger charge is -2.19. The highest BCUT2D eigenvalue weighted by Crippen LogP contribution is 2.32. The lowest BCUT2D eigenvalue weighted by molar-refractivity contribution is -0.154. The fraction of sp³-hybridized carbons (Fsp3) is 0.417. The Hall–Kier alpha value is -1.56. The molecule has 1 amide bonds. The van der Waals surface area contributed by atoms with E-state index in [-0.39, 0.29) is 11.5 Å². The smallest absolute Gasteiger partial charge is 0.388 e. The quantitative estimate of drug-likeness (QED) is 0.857. The number of halogens is 3. The Kier molecular flexibility index (Phi) is 3.30. The molecule has 98 valence electrons. The van der Waals surface area contributed by atoms with Crippen molar-refractivity contribution in [2.24, 2.45) is 0 Å². The number of amides is 1. The van der Waals surface area contributed by atoms with E-state index in [4.69, 9.17) is 0 Å². The van der Waals surface area contributed by atoms with E-state index in [2.05, 4.69) is 5.32 Å². The highest BCUT2D eigenvalue weighted by Gasteiger charge is 2.32. The average Bonchev–Trinajstić information content (AvgIpc) is 2.26. The summed E-state index contributed by atoms with van der Waals surface area (Å²) in [7, 11) is 0. The van der Waals surface area contributed by atoms with Gasteiger partial charge in [0.05, 0.1) is 12.5 Å². The van der Waals surface area contributed by atoms with E-state index in [1.54, 1.807) is 0 Å². The number of alkyl halides is 3. The molecule has 0 aliphatic carbocycles. The van der Waals surface area contributed by atoms with Gasteiger partial charge in [-0.25, -0.2) is 0 Å². The second-order valence-corrected chi connectivity index (χ2v) is 4.30. The molecule has 0 aromatic heterocycles. The fourth-order valence-electron chi connectivity index (χ4n) is 1.95. The third-order valence-electron chi connectivity index (χ3n) is 2.83. The number of anilines is 1. The maximum absolute atomic E-state index is 12.2. The number of fused-ring (bicyclic) bond motifs is 1. The number of hydrogen-bond acceptors (Lipinski definition) is 2. The maximum atomic E-state index is 12.2. The standard InChI is InChI=1S/C12H12F3NO2/c13-12(14,15)6-10(17)8-1-3-9-7(5-8)2-4-11(18)16-9/h1,3,5,10,17H,2,4,6H2,(H,16,18). The Morgan fingerprint density at radius 1 is 1.33 bits per heavy atom. The molecule has 1 aromatic rings. The molecule has 2 N–H and O–H groups in total. The number of benzene rings is 1. The summed E-state index contributed by atoms with van der Waals surface area (Å²) in [4.78, 5) is 11.1. The molecule has 0 radical (unpaired) electrons. The second-order valence-electron chi connectivity index (χ2n) is 4.30. The normalized spacial score (nSPS) is 17.0. The Morgan fingerprint density at radius 2 is 2.06 bits per heavy atom. The fourth-order valence-corrected chi connectivity index (χ4v) is 1.95. The van der Waals surface area contributed by atoms with Crippen molar-refractivity contribution in [3.05, 3.63) is 29.3 Å². The lowest BCUT2D eigenvalue weighted by Crippen LogP contribution is -2.19. The molecule has 3 nitrogen and oxygen atoms in total. The number of aliphatic hydroxyl groups excluding tert-OH is 1. The van der Waals surface area contributed by atoms with Crippen molar-refractivity contribution in [3.63, 3.8) is 0 Å². The van der Waals surface area contributed by atoms with Crippen LogP contribution in [0.5, 0.6) is 0 Å². The predicted molar refractivity (Wildman–Crippen MR) is 59.0 cm³/mol. The first-order valence-corrected chi connectivity index (χ1v) is 5.52. The molecule has 0 saturated heterocycles. The topological polar surface area (TPSA) is 49.3 Å². The van der Waals surface area contributed by atoms with Gasteiger partial charge in [-0.1, -0.05) is 12.1 Å². The number of carbonyl (C=O) groups is 1. The summed E-state index contributed by atoms with van der Waals surface area (Å²) in [6.45, 7) is 0. The van der Waals surface area contributed by atoms with E-state index in [0.717, 1.165) is 5.56 Å². The molecule has 1 aromatic carbocycles.